The fourth-order valence-corrected chi connectivity index (χ4v) is 4.76. The predicted octanol–water partition coefficient (Wildman–Crippen LogP) is 6.76. The van der Waals surface area contributed by atoms with Crippen molar-refractivity contribution in [3.8, 4) is 11.5 Å². The summed E-state index contributed by atoms with van der Waals surface area (Å²) in [4.78, 5) is 61.2. The van der Waals surface area contributed by atoms with Crippen molar-refractivity contribution in [2.45, 2.75) is 150 Å². The minimum Gasteiger partial charge on any atom is -0.491 e. The summed E-state index contributed by atoms with van der Waals surface area (Å²) in [5.41, 5.74) is -3.27. The highest BCUT2D eigenvalue weighted by Crippen LogP contribution is 2.15. The molecule has 354 valence electrons. The number of aliphatic hydroxyl groups is 1. The maximum Gasteiger partial charge on any atom is 0.407 e. The van der Waals surface area contributed by atoms with Crippen molar-refractivity contribution in [1.29, 1.82) is 0 Å². The number of carbonyl (C=O) groups is 5. The molecule has 5 N–H and O–H groups in total. The normalized spacial score (nSPS) is 12.8. The van der Waals surface area contributed by atoms with Crippen LogP contribution in [0.1, 0.15) is 110 Å². The standard InChI is InChI=1S/C22H36N2O6.C22H34N2O6.2CH4/c2*1-21(2,3)30-20(27)23-14-10-13-17(24-19(26)22(4,5)28-6)18(25)15-29-16-11-8-7-9-12-16;;/h7-9,11-12,17-18,25H,10,13-15H2,1-6H3,(H,23,27)(H,24,26);7-9,11-12,17H,10,13-15H2,1-6H3,(H,23,27)(H,24,26);2*1H4/t17-,18?;17-;;/m00../s1. The molecule has 0 aliphatic heterocycles. The number of nitrogens with one attached hydrogen (secondary N) is 4. The molecule has 0 radical (unpaired) electrons. The van der Waals surface area contributed by atoms with E-state index in [4.69, 9.17) is 28.4 Å². The Balaban J connectivity index is 0. The molecular weight excluding hydrogens is 801 g/mol. The third-order valence-electron chi connectivity index (χ3n) is 8.58. The summed E-state index contributed by atoms with van der Waals surface area (Å²) in [5, 5.41) is 21.5. The number of hydrogen-bond donors (Lipinski definition) is 5. The van der Waals surface area contributed by atoms with Crippen molar-refractivity contribution in [3.63, 3.8) is 0 Å². The second kappa shape index (κ2) is 28.6. The Bertz CT molecular complexity index is 1590. The van der Waals surface area contributed by atoms with Crippen molar-refractivity contribution < 1.29 is 57.5 Å². The van der Waals surface area contributed by atoms with Gasteiger partial charge in [0.15, 0.2) is 5.78 Å². The summed E-state index contributed by atoms with van der Waals surface area (Å²) >= 11 is 0. The summed E-state index contributed by atoms with van der Waals surface area (Å²) in [7, 11) is 2.88. The van der Waals surface area contributed by atoms with E-state index in [0.29, 0.717) is 50.3 Å². The van der Waals surface area contributed by atoms with Gasteiger partial charge >= 0.3 is 12.2 Å². The molecule has 0 aliphatic rings. The second-order valence-electron chi connectivity index (χ2n) is 16.9. The molecule has 16 nitrogen and oxygen atoms in total. The molecule has 0 bridgehead atoms. The zero-order chi connectivity index (χ0) is 45.6. The van der Waals surface area contributed by atoms with E-state index in [1.807, 2.05) is 36.4 Å². The monoisotopic (exact) mass is 879 g/mol. The summed E-state index contributed by atoms with van der Waals surface area (Å²) in [6, 6.07) is 16.8. The van der Waals surface area contributed by atoms with Crippen LogP contribution in [0.3, 0.4) is 0 Å². The summed E-state index contributed by atoms with van der Waals surface area (Å²) in [6.07, 6.45) is -0.213. The van der Waals surface area contributed by atoms with Crippen LogP contribution in [-0.4, -0.2) is 116 Å². The molecule has 2 rings (SSSR count). The predicted molar refractivity (Wildman–Crippen MR) is 241 cm³/mol. The van der Waals surface area contributed by atoms with Gasteiger partial charge in [-0.3, -0.25) is 14.4 Å². The van der Waals surface area contributed by atoms with Gasteiger partial charge in [-0.15, -0.1) is 0 Å². The van der Waals surface area contributed by atoms with E-state index in [-0.39, 0.29) is 39.8 Å². The Morgan fingerprint density at radius 3 is 1.42 bits per heavy atom. The van der Waals surface area contributed by atoms with Crippen LogP contribution in [0.2, 0.25) is 0 Å². The number of benzene rings is 2. The van der Waals surface area contributed by atoms with Gasteiger partial charge in [0.05, 0.1) is 12.1 Å². The van der Waals surface area contributed by atoms with Crippen molar-refractivity contribution in [1.82, 2.24) is 21.3 Å². The Morgan fingerprint density at radius 2 is 1.00 bits per heavy atom. The zero-order valence-electron chi connectivity index (χ0n) is 37.6. The molecular formula is C46H78N4O12. The minimum atomic E-state index is -1.08. The summed E-state index contributed by atoms with van der Waals surface area (Å²) in [6.45, 7) is 17.7. The molecule has 2 aromatic rings. The number of rotatable bonds is 22. The first-order valence-corrected chi connectivity index (χ1v) is 20.1. The smallest absolute Gasteiger partial charge is 0.407 e. The Morgan fingerprint density at radius 1 is 0.597 bits per heavy atom. The fraction of sp³-hybridized carbons (Fsp3) is 0.630. The lowest BCUT2D eigenvalue weighted by Crippen LogP contribution is -2.53. The molecule has 4 amide bonds. The number of aliphatic hydroxyl groups excluding tert-OH is 1. The van der Waals surface area contributed by atoms with E-state index in [0.717, 1.165) is 0 Å². The fourth-order valence-electron chi connectivity index (χ4n) is 4.76. The molecule has 0 saturated carbocycles. The van der Waals surface area contributed by atoms with Crippen LogP contribution in [0.4, 0.5) is 9.59 Å². The Kier molecular flexibility index (Phi) is 27.3. The molecule has 0 aromatic heterocycles. The first-order valence-electron chi connectivity index (χ1n) is 20.1. The number of amides is 4. The SMILES string of the molecule is C.C.COC(C)(C)C(=O)N[C@@H](CCCNC(=O)OC(C)(C)C)C(=O)COc1ccccc1.COC(C)(C)C(=O)N[C@@H](CCCNC(=O)OC(C)(C)C)C(O)COc1ccccc1. The zero-order valence-corrected chi connectivity index (χ0v) is 37.6. The van der Waals surface area contributed by atoms with Gasteiger partial charge in [0.1, 0.15) is 53.2 Å². The average Bonchev–Trinajstić information content (AvgIpc) is 3.17. The van der Waals surface area contributed by atoms with Crippen molar-refractivity contribution in [2.24, 2.45) is 0 Å². The molecule has 0 aliphatic carbocycles. The largest absolute Gasteiger partial charge is 0.491 e. The van der Waals surface area contributed by atoms with Crippen molar-refractivity contribution >= 4 is 29.8 Å². The van der Waals surface area contributed by atoms with Crippen LogP contribution >= 0.6 is 0 Å². The first kappa shape index (κ1) is 59.2. The number of ether oxygens (including phenoxy) is 6. The lowest BCUT2D eigenvalue weighted by atomic mass is 10.0. The average molecular weight is 879 g/mol. The van der Waals surface area contributed by atoms with E-state index < -0.39 is 58.7 Å². The first-order chi connectivity index (χ1) is 27.9. The van der Waals surface area contributed by atoms with Gasteiger partial charge in [-0.2, -0.15) is 0 Å². The van der Waals surface area contributed by atoms with Crippen molar-refractivity contribution in [3.05, 3.63) is 60.7 Å². The van der Waals surface area contributed by atoms with Crippen molar-refractivity contribution in [2.75, 3.05) is 40.5 Å². The van der Waals surface area contributed by atoms with Gasteiger partial charge in [0.25, 0.3) is 11.8 Å². The number of alkyl carbamates (subject to hydrolysis) is 2. The third kappa shape index (κ3) is 25.8. The molecule has 3 atom stereocenters. The van der Waals surface area contributed by atoms with Gasteiger partial charge in [-0.05, 0) is 119 Å². The Labute approximate surface area is 370 Å². The van der Waals surface area contributed by atoms with Gasteiger partial charge in [0.2, 0.25) is 0 Å². The second-order valence-corrected chi connectivity index (χ2v) is 16.9. The van der Waals surface area contributed by atoms with Crippen LogP contribution in [0.25, 0.3) is 0 Å². The van der Waals surface area contributed by atoms with Gasteiger partial charge in [0, 0.05) is 27.3 Å². The van der Waals surface area contributed by atoms with Crippen LogP contribution in [0.15, 0.2) is 60.7 Å². The number of carbonyl (C=O) groups excluding carboxylic acids is 5. The molecule has 62 heavy (non-hydrogen) atoms. The van der Waals surface area contributed by atoms with E-state index in [9.17, 15) is 29.1 Å². The number of methoxy groups -OCH3 is 2. The Hall–Kier alpha value is -4.93. The van der Waals surface area contributed by atoms with Crippen LogP contribution in [0, 0.1) is 0 Å². The number of ketones is 1. The number of para-hydroxylation sites is 2. The lowest BCUT2D eigenvalue weighted by molar-refractivity contribution is -0.142. The molecule has 0 fully saturated rings. The van der Waals surface area contributed by atoms with Gasteiger partial charge < -0.3 is 54.8 Å². The van der Waals surface area contributed by atoms with Gasteiger partial charge in [-0.25, -0.2) is 9.59 Å². The van der Waals surface area contributed by atoms with Crippen LogP contribution in [-0.2, 0) is 33.3 Å². The topological polar surface area (TPSA) is 209 Å². The van der Waals surface area contributed by atoms with E-state index in [1.165, 1.54) is 14.2 Å². The number of Topliss-reactive ketones (excluding diaryl/α,β-unsaturated/α-hetero) is 1. The minimum absolute atomic E-state index is 0. The lowest BCUT2D eigenvalue weighted by Gasteiger charge is -2.29. The highest BCUT2D eigenvalue weighted by Gasteiger charge is 2.33. The van der Waals surface area contributed by atoms with Gasteiger partial charge in [-0.1, -0.05) is 51.3 Å². The van der Waals surface area contributed by atoms with E-state index >= 15 is 0 Å². The quantitative estimate of drug-likeness (QED) is 0.0778. The molecule has 16 heteroatoms. The number of hydrogen-bond acceptors (Lipinski definition) is 12. The highest BCUT2D eigenvalue weighted by molar-refractivity contribution is 5.92. The van der Waals surface area contributed by atoms with E-state index in [2.05, 4.69) is 21.3 Å². The van der Waals surface area contributed by atoms with Crippen LogP contribution < -0.4 is 30.7 Å². The highest BCUT2D eigenvalue weighted by atomic mass is 16.6. The molecule has 2 aromatic carbocycles. The molecule has 0 saturated heterocycles. The molecule has 1 unspecified atom stereocenters. The molecule has 0 spiro atoms. The molecule has 0 heterocycles. The van der Waals surface area contributed by atoms with Crippen LogP contribution in [0.5, 0.6) is 11.5 Å². The third-order valence-corrected chi connectivity index (χ3v) is 8.58. The summed E-state index contributed by atoms with van der Waals surface area (Å²) < 4.78 is 31.9. The summed E-state index contributed by atoms with van der Waals surface area (Å²) in [5.74, 6) is 0.193. The van der Waals surface area contributed by atoms with E-state index in [1.54, 1.807) is 93.5 Å². The maximum atomic E-state index is 12.7. The maximum absolute atomic E-state index is 12.7.